The molecule has 0 amide bonds. The molecular weight excluding hydrogens is 410 g/mol. The largest absolute Gasteiger partial charge is 0.497 e. The molecule has 0 aliphatic carbocycles. The summed E-state index contributed by atoms with van der Waals surface area (Å²) >= 11 is 9.31. The fourth-order valence-corrected chi connectivity index (χ4v) is 2.70. The Kier molecular flexibility index (Phi) is 5.40. The standard InChI is InChI=1S/C18H13BrClNO4/c1-23-14-5-2-11(3-6-14)17-9-13(21-25-17)10-24-18(22)15-8-12(19)4-7-16(15)20/h2-9H,10H2,1H3. The number of rotatable bonds is 5. The van der Waals surface area contributed by atoms with Gasteiger partial charge >= 0.3 is 5.97 Å². The minimum Gasteiger partial charge on any atom is -0.497 e. The zero-order valence-electron chi connectivity index (χ0n) is 13.2. The highest BCUT2D eigenvalue weighted by molar-refractivity contribution is 9.10. The number of hydrogen-bond donors (Lipinski definition) is 0. The molecule has 5 nitrogen and oxygen atoms in total. The number of carbonyl (C=O) groups excluding carboxylic acids is 1. The van der Waals surface area contributed by atoms with Gasteiger partial charge in [0.2, 0.25) is 0 Å². The highest BCUT2D eigenvalue weighted by atomic mass is 79.9. The van der Waals surface area contributed by atoms with Gasteiger partial charge in [0.15, 0.2) is 5.76 Å². The summed E-state index contributed by atoms with van der Waals surface area (Å²) in [5.41, 5.74) is 1.64. The van der Waals surface area contributed by atoms with Crippen LogP contribution in [0.25, 0.3) is 11.3 Å². The number of hydrogen-bond acceptors (Lipinski definition) is 5. The van der Waals surface area contributed by atoms with E-state index >= 15 is 0 Å². The first-order chi connectivity index (χ1) is 12.1. The molecule has 3 rings (SSSR count). The van der Waals surface area contributed by atoms with E-state index in [4.69, 9.17) is 25.6 Å². The summed E-state index contributed by atoms with van der Waals surface area (Å²) in [6.07, 6.45) is 0. The molecule has 0 aliphatic heterocycles. The zero-order chi connectivity index (χ0) is 17.8. The van der Waals surface area contributed by atoms with Gasteiger partial charge in [-0.2, -0.15) is 0 Å². The number of benzene rings is 2. The fourth-order valence-electron chi connectivity index (χ4n) is 2.14. The molecule has 3 aromatic rings. The van der Waals surface area contributed by atoms with Crippen LogP contribution in [0.4, 0.5) is 0 Å². The molecule has 0 radical (unpaired) electrons. The van der Waals surface area contributed by atoms with Gasteiger partial charge in [-0.25, -0.2) is 4.79 Å². The number of methoxy groups -OCH3 is 1. The maximum atomic E-state index is 12.1. The summed E-state index contributed by atoms with van der Waals surface area (Å²) in [4.78, 5) is 12.1. The van der Waals surface area contributed by atoms with Crippen LogP contribution >= 0.6 is 27.5 Å². The Morgan fingerprint density at radius 2 is 1.96 bits per heavy atom. The van der Waals surface area contributed by atoms with E-state index in [1.54, 1.807) is 31.4 Å². The molecule has 0 bridgehead atoms. The van der Waals surface area contributed by atoms with Crippen LogP contribution in [0, 0.1) is 0 Å². The Labute approximate surface area is 157 Å². The lowest BCUT2D eigenvalue weighted by atomic mass is 10.1. The molecular formula is C18H13BrClNO4. The Bertz CT molecular complexity index is 892. The van der Waals surface area contributed by atoms with Crippen LogP contribution < -0.4 is 4.74 Å². The first-order valence-electron chi connectivity index (χ1n) is 7.29. The van der Waals surface area contributed by atoms with Crippen molar-refractivity contribution in [2.45, 2.75) is 6.61 Å². The van der Waals surface area contributed by atoms with Gasteiger partial charge in [-0.1, -0.05) is 32.7 Å². The van der Waals surface area contributed by atoms with Crippen molar-refractivity contribution in [1.82, 2.24) is 5.16 Å². The monoisotopic (exact) mass is 421 g/mol. The molecule has 0 atom stereocenters. The van der Waals surface area contributed by atoms with Gasteiger partial charge in [0.25, 0.3) is 0 Å². The molecule has 0 N–H and O–H groups in total. The van der Waals surface area contributed by atoms with E-state index in [2.05, 4.69) is 21.1 Å². The molecule has 2 aromatic carbocycles. The fraction of sp³-hybridized carbons (Fsp3) is 0.111. The number of esters is 1. The van der Waals surface area contributed by atoms with Crippen LogP contribution in [0.5, 0.6) is 5.75 Å². The van der Waals surface area contributed by atoms with Crippen molar-refractivity contribution in [3.63, 3.8) is 0 Å². The summed E-state index contributed by atoms with van der Waals surface area (Å²) in [5, 5.41) is 4.24. The predicted molar refractivity (Wildman–Crippen MR) is 96.8 cm³/mol. The van der Waals surface area contributed by atoms with Gasteiger partial charge in [0.1, 0.15) is 18.1 Å². The maximum Gasteiger partial charge on any atom is 0.340 e. The molecule has 25 heavy (non-hydrogen) atoms. The Hall–Kier alpha value is -2.31. The smallest absolute Gasteiger partial charge is 0.340 e. The average Bonchev–Trinajstić information content (AvgIpc) is 3.11. The van der Waals surface area contributed by atoms with Gasteiger partial charge in [0, 0.05) is 16.1 Å². The lowest BCUT2D eigenvalue weighted by Crippen LogP contribution is -2.06. The number of halogens is 2. The average molecular weight is 423 g/mol. The lowest BCUT2D eigenvalue weighted by Gasteiger charge is -2.05. The first-order valence-corrected chi connectivity index (χ1v) is 8.46. The highest BCUT2D eigenvalue weighted by Crippen LogP contribution is 2.24. The third-order valence-electron chi connectivity index (χ3n) is 3.43. The van der Waals surface area contributed by atoms with Crippen molar-refractivity contribution >= 4 is 33.5 Å². The predicted octanol–water partition coefficient (Wildman–Crippen LogP) is 5.12. The third kappa shape index (κ3) is 4.21. The van der Waals surface area contributed by atoms with E-state index in [0.717, 1.165) is 15.8 Å². The van der Waals surface area contributed by atoms with Crippen LogP contribution in [0.3, 0.4) is 0 Å². The number of aromatic nitrogens is 1. The van der Waals surface area contributed by atoms with Gasteiger partial charge < -0.3 is 14.0 Å². The van der Waals surface area contributed by atoms with Crippen molar-refractivity contribution < 1.29 is 18.8 Å². The molecule has 0 aliphatic rings. The van der Waals surface area contributed by atoms with Crippen LogP contribution in [0.2, 0.25) is 5.02 Å². The summed E-state index contributed by atoms with van der Waals surface area (Å²) < 4.78 is 16.4. The molecule has 0 fully saturated rings. The normalized spacial score (nSPS) is 10.5. The molecule has 1 aromatic heterocycles. The van der Waals surface area contributed by atoms with Crippen LogP contribution in [0.15, 0.2) is 57.5 Å². The molecule has 0 unspecified atom stereocenters. The summed E-state index contributed by atoms with van der Waals surface area (Å²) in [7, 11) is 1.60. The quantitative estimate of drug-likeness (QED) is 0.534. The van der Waals surface area contributed by atoms with Crippen LogP contribution in [-0.4, -0.2) is 18.2 Å². The molecule has 0 spiro atoms. The van der Waals surface area contributed by atoms with Crippen molar-refractivity contribution in [2.75, 3.05) is 7.11 Å². The van der Waals surface area contributed by atoms with Gasteiger partial charge in [-0.05, 0) is 42.5 Å². The Morgan fingerprint density at radius 3 is 2.68 bits per heavy atom. The SMILES string of the molecule is COc1ccc(-c2cc(COC(=O)c3cc(Br)ccc3Cl)no2)cc1. The minimum atomic E-state index is -0.528. The Balaban J connectivity index is 1.67. The molecule has 128 valence electrons. The van der Waals surface area contributed by atoms with Crippen LogP contribution in [0.1, 0.15) is 16.1 Å². The molecule has 7 heteroatoms. The van der Waals surface area contributed by atoms with E-state index in [9.17, 15) is 4.79 Å². The second-order valence-corrected chi connectivity index (χ2v) is 6.43. The minimum absolute atomic E-state index is 0.0126. The van der Waals surface area contributed by atoms with Gasteiger partial charge in [0.05, 0.1) is 17.7 Å². The van der Waals surface area contributed by atoms with Gasteiger partial charge in [-0.3, -0.25) is 0 Å². The second kappa shape index (κ2) is 7.72. The Morgan fingerprint density at radius 1 is 1.20 bits per heavy atom. The van der Waals surface area contributed by atoms with E-state index in [1.807, 2.05) is 24.3 Å². The van der Waals surface area contributed by atoms with Crippen molar-refractivity contribution in [3.8, 4) is 17.1 Å². The van der Waals surface area contributed by atoms with Crippen LogP contribution in [-0.2, 0) is 11.3 Å². The number of ether oxygens (including phenoxy) is 2. The van der Waals surface area contributed by atoms with Crippen molar-refractivity contribution in [1.29, 1.82) is 0 Å². The molecule has 0 saturated heterocycles. The second-order valence-electron chi connectivity index (χ2n) is 5.11. The zero-order valence-corrected chi connectivity index (χ0v) is 15.5. The molecule has 0 saturated carbocycles. The van der Waals surface area contributed by atoms with Gasteiger partial charge in [-0.15, -0.1) is 0 Å². The summed E-state index contributed by atoms with van der Waals surface area (Å²) in [5.74, 6) is 0.804. The maximum absolute atomic E-state index is 12.1. The van der Waals surface area contributed by atoms with E-state index < -0.39 is 5.97 Å². The van der Waals surface area contributed by atoms with Crippen molar-refractivity contribution in [2.24, 2.45) is 0 Å². The van der Waals surface area contributed by atoms with E-state index in [1.165, 1.54) is 0 Å². The van der Waals surface area contributed by atoms with E-state index in [-0.39, 0.29) is 12.2 Å². The highest BCUT2D eigenvalue weighted by Gasteiger charge is 2.14. The third-order valence-corrected chi connectivity index (χ3v) is 4.26. The number of nitrogens with zero attached hydrogens (tertiary/aromatic N) is 1. The summed E-state index contributed by atoms with van der Waals surface area (Å²) in [6, 6.07) is 14.1. The molecule has 1 heterocycles. The van der Waals surface area contributed by atoms with E-state index in [0.29, 0.717) is 16.5 Å². The first kappa shape index (κ1) is 17.5. The topological polar surface area (TPSA) is 61.6 Å². The number of carbonyl (C=O) groups is 1. The van der Waals surface area contributed by atoms with Crippen molar-refractivity contribution in [3.05, 3.63) is 69.3 Å². The lowest BCUT2D eigenvalue weighted by molar-refractivity contribution is 0.0464. The summed E-state index contributed by atoms with van der Waals surface area (Å²) in [6.45, 7) is -0.0126.